The monoisotopic (exact) mass is 448 g/mol. The fraction of sp³-hybridized carbons (Fsp3) is 0.125. The van der Waals surface area contributed by atoms with Crippen molar-refractivity contribution in [2.75, 3.05) is 10.2 Å². The second-order valence-corrected chi connectivity index (χ2v) is 7.25. The minimum absolute atomic E-state index is 0.0895. The number of carbonyl (C=O) groups is 2. The average Bonchev–Trinajstić information content (AvgIpc) is 2.78. The summed E-state index contributed by atoms with van der Waals surface area (Å²) >= 11 is 5.94. The first-order valence-electron chi connectivity index (χ1n) is 9.74. The van der Waals surface area contributed by atoms with Gasteiger partial charge in [0.05, 0.1) is 0 Å². The molecule has 3 N–H and O–H groups in total. The van der Waals surface area contributed by atoms with Crippen molar-refractivity contribution in [3.63, 3.8) is 0 Å². The highest BCUT2D eigenvalue weighted by atomic mass is 35.5. The summed E-state index contributed by atoms with van der Waals surface area (Å²) < 4.78 is 0.768. The number of rotatable bonds is 6. The van der Waals surface area contributed by atoms with Crippen LogP contribution in [0.3, 0.4) is 0 Å². The van der Waals surface area contributed by atoms with Gasteiger partial charge in [-0.25, -0.2) is 4.79 Å². The molecule has 0 saturated carbocycles. The van der Waals surface area contributed by atoms with Crippen LogP contribution >= 0.6 is 11.6 Å². The van der Waals surface area contributed by atoms with Gasteiger partial charge in [-0.15, -0.1) is 11.8 Å². The lowest BCUT2D eigenvalue weighted by atomic mass is 10.1. The van der Waals surface area contributed by atoms with E-state index in [1.165, 1.54) is 11.1 Å². The van der Waals surface area contributed by atoms with Crippen molar-refractivity contribution in [3.05, 3.63) is 83.2 Å². The van der Waals surface area contributed by atoms with Crippen LogP contribution in [0.25, 0.3) is 11.3 Å². The zero-order valence-corrected chi connectivity index (χ0v) is 18.0. The second kappa shape index (κ2) is 10.3. The number of hydrogen-bond donors (Lipinski definition) is 2. The van der Waals surface area contributed by atoms with Crippen LogP contribution in [0.1, 0.15) is 13.3 Å². The van der Waals surface area contributed by atoms with Gasteiger partial charge in [-0.2, -0.15) is 4.73 Å². The van der Waals surface area contributed by atoms with E-state index in [0.29, 0.717) is 27.7 Å². The van der Waals surface area contributed by atoms with Gasteiger partial charge in [-0.1, -0.05) is 11.6 Å². The van der Waals surface area contributed by atoms with Gasteiger partial charge in [0.25, 0.3) is 0 Å². The Morgan fingerprint density at radius 3 is 2.41 bits per heavy atom. The van der Waals surface area contributed by atoms with Crippen molar-refractivity contribution < 1.29 is 14.3 Å². The normalized spacial score (nSPS) is 11.1. The van der Waals surface area contributed by atoms with Gasteiger partial charge in [-0.05, 0) is 61.5 Å². The molecule has 1 unspecified atom stereocenters. The van der Waals surface area contributed by atoms with Gasteiger partial charge < -0.3 is 16.3 Å². The molecule has 3 amide bonds. The van der Waals surface area contributed by atoms with E-state index in [0.717, 1.165) is 4.73 Å². The first-order chi connectivity index (χ1) is 15.4. The number of nitrogens with zero attached hydrogens (tertiary/aromatic N) is 2. The van der Waals surface area contributed by atoms with Gasteiger partial charge in [0, 0.05) is 40.5 Å². The maximum Gasteiger partial charge on any atom is 0.320 e. The van der Waals surface area contributed by atoms with Crippen LogP contribution in [0.4, 0.5) is 16.2 Å². The Morgan fingerprint density at radius 2 is 1.81 bits per heavy atom. The van der Waals surface area contributed by atoms with Crippen LogP contribution in [0, 0.1) is 17.0 Å². The Labute approximate surface area is 191 Å². The molecule has 1 heterocycles. The lowest BCUT2D eigenvalue weighted by Gasteiger charge is -2.28. The van der Waals surface area contributed by atoms with Gasteiger partial charge in [0.15, 0.2) is 6.20 Å². The maximum atomic E-state index is 13.1. The molecule has 0 spiro atoms. The Bertz CT molecular complexity index is 1170. The summed E-state index contributed by atoms with van der Waals surface area (Å²) in [4.78, 5) is 26.5. The molecule has 7 nitrogen and oxygen atoms in total. The van der Waals surface area contributed by atoms with Gasteiger partial charge in [0.1, 0.15) is 6.04 Å². The predicted octanol–water partition coefficient (Wildman–Crippen LogP) is 3.95. The summed E-state index contributed by atoms with van der Waals surface area (Å²) in [6, 6.07) is 16.6. The fourth-order valence-corrected chi connectivity index (χ4v) is 3.29. The smallest absolute Gasteiger partial charge is 0.320 e. The molecule has 1 atom stereocenters. The van der Waals surface area contributed by atoms with E-state index in [2.05, 4.69) is 17.2 Å². The second-order valence-electron chi connectivity index (χ2n) is 6.81. The van der Waals surface area contributed by atoms with Crippen LogP contribution in [0.15, 0.2) is 72.9 Å². The van der Waals surface area contributed by atoms with Crippen LogP contribution in [-0.2, 0) is 4.79 Å². The number of urea groups is 1. The molecule has 2 aromatic carbocycles. The van der Waals surface area contributed by atoms with Crippen LogP contribution in [0.5, 0.6) is 0 Å². The number of halogens is 1. The van der Waals surface area contributed by atoms with Crippen LogP contribution in [-0.4, -0.2) is 18.0 Å². The summed E-state index contributed by atoms with van der Waals surface area (Å²) in [5.41, 5.74) is 7.73. The first kappa shape index (κ1) is 22.7. The quantitative estimate of drug-likeness (QED) is 0.339. The third-order valence-electron chi connectivity index (χ3n) is 4.70. The number of anilines is 2. The van der Waals surface area contributed by atoms with Crippen LogP contribution < -0.4 is 20.7 Å². The van der Waals surface area contributed by atoms with Gasteiger partial charge in [-0.3, -0.25) is 9.69 Å². The Kier molecular flexibility index (Phi) is 7.32. The molecule has 162 valence electrons. The Hall–Kier alpha value is -4.02. The van der Waals surface area contributed by atoms with Crippen molar-refractivity contribution in [3.8, 4) is 23.1 Å². The van der Waals surface area contributed by atoms with Crippen LogP contribution in [0.2, 0.25) is 5.02 Å². The molecule has 0 saturated heterocycles. The van der Waals surface area contributed by atoms with Gasteiger partial charge >= 0.3 is 6.03 Å². The molecule has 32 heavy (non-hydrogen) atoms. The summed E-state index contributed by atoms with van der Waals surface area (Å²) in [6.45, 7) is 1.65. The number of pyridine rings is 1. The van der Waals surface area contributed by atoms with Crippen molar-refractivity contribution in [2.45, 2.75) is 19.4 Å². The standard InChI is InChI=1S/C24H21ClN4O3/c1-2-3-6-22(29(24(26)31)20-14-10-18(25)11-15-20)23(30)27-19-12-8-17(9-13-19)21-7-4-5-16-28(21)32/h4-5,7-16,22H,6H2,1H3,(H2,26,31)(H,27,30). The summed E-state index contributed by atoms with van der Waals surface area (Å²) in [5.74, 6) is 5.13. The molecule has 0 bridgehead atoms. The molecule has 0 radical (unpaired) electrons. The van der Waals surface area contributed by atoms with E-state index in [1.807, 2.05) is 0 Å². The molecule has 1 aromatic heterocycles. The Morgan fingerprint density at radius 1 is 1.12 bits per heavy atom. The fourth-order valence-electron chi connectivity index (χ4n) is 3.16. The number of primary amides is 1. The van der Waals surface area contributed by atoms with E-state index in [1.54, 1.807) is 73.7 Å². The summed E-state index contributed by atoms with van der Waals surface area (Å²) in [5, 5.41) is 15.2. The summed E-state index contributed by atoms with van der Waals surface area (Å²) in [6.07, 6.45) is 1.51. The van der Waals surface area contributed by atoms with Gasteiger partial charge in [0.2, 0.25) is 11.6 Å². The predicted molar refractivity (Wildman–Crippen MR) is 125 cm³/mol. The molecule has 3 rings (SSSR count). The molecule has 0 aliphatic carbocycles. The average molecular weight is 449 g/mol. The van der Waals surface area contributed by atoms with Crippen molar-refractivity contribution >= 4 is 34.9 Å². The third-order valence-corrected chi connectivity index (χ3v) is 4.95. The lowest BCUT2D eigenvalue weighted by Crippen LogP contribution is -2.50. The highest BCUT2D eigenvalue weighted by Gasteiger charge is 2.29. The van der Waals surface area contributed by atoms with E-state index in [9.17, 15) is 14.8 Å². The molecular weight excluding hydrogens is 428 g/mol. The minimum Gasteiger partial charge on any atom is -0.618 e. The van der Waals surface area contributed by atoms with E-state index in [4.69, 9.17) is 17.3 Å². The first-order valence-corrected chi connectivity index (χ1v) is 10.1. The third kappa shape index (κ3) is 5.36. The van der Waals surface area contributed by atoms with E-state index in [-0.39, 0.29) is 6.42 Å². The molecule has 3 aromatic rings. The number of aromatic nitrogens is 1. The van der Waals surface area contributed by atoms with E-state index >= 15 is 0 Å². The number of amides is 3. The number of carbonyl (C=O) groups excluding carboxylic acids is 2. The molecule has 8 heteroatoms. The van der Waals surface area contributed by atoms with Crippen molar-refractivity contribution in [1.29, 1.82) is 0 Å². The van der Waals surface area contributed by atoms with Crippen molar-refractivity contribution in [1.82, 2.24) is 0 Å². The molecule has 0 aliphatic rings. The number of nitrogens with one attached hydrogen (secondary N) is 1. The molecular formula is C24H21ClN4O3. The minimum atomic E-state index is -0.960. The van der Waals surface area contributed by atoms with E-state index < -0.39 is 18.0 Å². The number of hydrogen-bond acceptors (Lipinski definition) is 3. The number of benzene rings is 2. The highest BCUT2D eigenvalue weighted by molar-refractivity contribution is 6.30. The molecule has 0 fully saturated rings. The van der Waals surface area contributed by atoms with Crippen molar-refractivity contribution in [2.24, 2.45) is 5.73 Å². The Balaban J connectivity index is 1.85. The lowest BCUT2D eigenvalue weighted by molar-refractivity contribution is -0.593. The topological polar surface area (TPSA) is 102 Å². The maximum absolute atomic E-state index is 13.1. The zero-order valence-electron chi connectivity index (χ0n) is 17.3. The SMILES string of the molecule is CC#CCC(C(=O)Nc1ccc(-c2cccc[n+]2[O-])cc1)N(C(N)=O)c1ccc(Cl)cc1. The zero-order chi connectivity index (χ0) is 23.1. The molecule has 0 aliphatic heterocycles. The summed E-state index contributed by atoms with van der Waals surface area (Å²) in [7, 11) is 0. The highest BCUT2D eigenvalue weighted by Crippen LogP contribution is 2.23. The largest absolute Gasteiger partial charge is 0.618 e. The number of nitrogens with two attached hydrogens (primary N) is 1.